The van der Waals surface area contributed by atoms with E-state index in [1.807, 2.05) is 18.2 Å². The third-order valence-corrected chi connectivity index (χ3v) is 3.72. The molecule has 0 saturated carbocycles. The van der Waals surface area contributed by atoms with Crippen LogP contribution in [-0.2, 0) is 30.4 Å². The van der Waals surface area contributed by atoms with Crippen LogP contribution in [0.25, 0.3) is 0 Å². The maximum Gasteiger partial charge on any atom is 0.417 e. The van der Waals surface area contributed by atoms with E-state index in [0.29, 0.717) is 4.90 Å². The van der Waals surface area contributed by atoms with Crippen LogP contribution in [-0.4, -0.2) is 51.1 Å². The fraction of sp³-hybridized carbons (Fsp3) is 0.455. The van der Waals surface area contributed by atoms with Gasteiger partial charge in [0.1, 0.15) is 23.6 Å². The van der Waals surface area contributed by atoms with Gasteiger partial charge in [0.05, 0.1) is 6.20 Å². The van der Waals surface area contributed by atoms with Gasteiger partial charge in [-0.3, -0.25) is 0 Å². The molecular formula is C22H28N2O7. The number of benzene rings is 1. The second-order valence-electron chi connectivity index (χ2n) is 8.85. The van der Waals surface area contributed by atoms with Gasteiger partial charge in [-0.05, 0) is 47.1 Å². The molecule has 2 rings (SSSR count). The van der Waals surface area contributed by atoms with Crippen LogP contribution in [0, 0.1) is 0 Å². The monoisotopic (exact) mass is 432 g/mol. The lowest BCUT2D eigenvalue weighted by Gasteiger charge is -2.34. The van der Waals surface area contributed by atoms with Crippen molar-refractivity contribution in [1.29, 1.82) is 0 Å². The molecule has 0 spiro atoms. The van der Waals surface area contributed by atoms with Crippen LogP contribution in [0.15, 0.2) is 47.3 Å². The molecule has 0 unspecified atom stereocenters. The highest BCUT2D eigenvalue weighted by Crippen LogP contribution is 2.24. The van der Waals surface area contributed by atoms with E-state index in [1.54, 1.807) is 53.7 Å². The summed E-state index contributed by atoms with van der Waals surface area (Å²) in [7, 11) is 0. The minimum absolute atomic E-state index is 0.0515. The van der Waals surface area contributed by atoms with Crippen molar-refractivity contribution in [2.45, 2.75) is 65.4 Å². The third kappa shape index (κ3) is 6.84. The minimum atomic E-state index is -1.65. The van der Waals surface area contributed by atoms with Gasteiger partial charge < -0.3 is 19.3 Å². The number of hydrogen-bond acceptors (Lipinski definition) is 7. The molecule has 0 aromatic heterocycles. The minimum Gasteiger partial charge on any atom is -0.489 e. The van der Waals surface area contributed by atoms with Crippen LogP contribution in [0.5, 0.6) is 0 Å². The Morgan fingerprint density at radius 3 is 2.10 bits per heavy atom. The Labute approximate surface area is 181 Å². The fourth-order valence-corrected chi connectivity index (χ4v) is 2.57. The second kappa shape index (κ2) is 9.20. The number of carbonyl (C=O) groups is 3. The predicted molar refractivity (Wildman–Crippen MR) is 112 cm³/mol. The van der Waals surface area contributed by atoms with Crippen molar-refractivity contribution in [3.05, 3.63) is 47.9 Å². The lowest BCUT2D eigenvalue weighted by Crippen LogP contribution is -2.55. The van der Waals surface area contributed by atoms with Crippen LogP contribution >= 0.6 is 0 Å². The van der Waals surface area contributed by atoms with Crippen molar-refractivity contribution in [3.63, 3.8) is 0 Å². The molecule has 0 saturated heterocycles. The highest BCUT2D eigenvalue weighted by Gasteiger charge is 2.45. The topological polar surface area (TPSA) is 115 Å². The quantitative estimate of drug-likeness (QED) is 0.708. The molecule has 31 heavy (non-hydrogen) atoms. The normalized spacial score (nSPS) is 16.7. The number of nitrogens with zero attached hydrogens (tertiary/aromatic N) is 2. The van der Waals surface area contributed by atoms with Crippen molar-refractivity contribution >= 4 is 23.9 Å². The first-order chi connectivity index (χ1) is 14.3. The Morgan fingerprint density at radius 1 is 1.00 bits per heavy atom. The standard InChI is InChI=1S/C22H28N2O7/c1-21(2,3)30-19(27)17-23-12-15(29-13-14-10-8-7-9-11-14)16(18(25)26)24(17)20(28)31-22(4,5)6/h7-12,16H,13H2,1-6H3,(H,25,26)/t16-/m0/s1. The number of carboxylic acids is 1. The number of carbonyl (C=O) groups excluding carboxylic acids is 2. The zero-order valence-corrected chi connectivity index (χ0v) is 18.5. The van der Waals surface area contributed by atoms with E-state index >= 15 is 0 Å². The summed E-state index contributed by atoms with van der Waals surface area (Å²) in [4.78, 5) is 42.4. The summed E-state index contributed by atoms with van der Waals surface area (Å²) >= 11 is 0. The average molecular weight is 432 g/mol. The van der Waals surface area contributed by atoms with Gasteiger partial charge in [-0.2, -0.15) is 0 Å². The number of rotatable bonds is 5. The summed E-state index contributed by atoms with van der Waals surface area (Å²) < 4.78 is 16.3. The zero-order chi connectivity index (χ0) is 23.4. The number of ether oxygens (including phenoxy) is 3. The number of hydrogen-bond donors (Lipinski definition) is 1. The lowest BCUT2D eigenvalue weighted by atomic mass is 10.1. The Hall–Kier alpha value is -3.36. The third-order valence-electron chi connectivity index (χ3n) is 3.72. The lowest BCUT2D eigenvalue weighted by molar-refractivity contribution is -0.147. The van der Waals surface area contributed by atoms with E-state index < -0.39 is 41.1 Å². The van der Waals surface area contributed by atoms with E-state index in [9.17, 15) is 19.5 Å². The van der Waals surface area contributed by atoms with E-state index in [4.69, 9.17) is 14.2 Å². The number of carboxylic acid groups (broad SMARTS) is 1. The first kappa shape index (κ1) is 23.9. The molecule has 168 valence electrons. The molecule has 9 heteroatoms. The molecule has 0 fully saturated rings. The first-order valence-electron chi connectivity index (χ1n) is 9.71. The SMILES string of the molecule is CC(C)(C)OC(=O)C1=NC=C(OCc2ccccc2)[C@@H](C(=O)O)N1C(=O)OC(C)(C)C. The van der Waals surface area contributed by atoms with Crippen LogP contribution in [0.2, 0.25) is 0 Å². The molecule has 1 atom stereocenters. The van der Waals surface area contributed by atoms with Crippen molar-refractivity contribution < 1.29 is 33.7 Å². The van der Waals surface area contributed by atoms with Crippen LogP contribution in [0.3, 0.4) is 0 Å². The van der Waals surface area contributed by atoms with Crippen LogP contribution in [0.1, 0.15) is 47.1 Å². The summed E-state index contributed by atoms with van der Waals surface area (Å²) in [5, 5.41) is 9.88. The first-order valence-corrected chi connectivity index (χ1v) is 9.71. The second-order valence-corrected chi connectivity index (χ2v) is 8.85. The Bertz CT molecular complexity index is 893. The molecule has 1 aromatic carbocycles. The molecule has 1 aromatic rings. The van der Waals surface area contributed by atoms with Crippen molar-refractivity contribution in [3.8, 4) is 0 Å². The molecule has 1 aliphatic heterocycles. The van der Waals surface area contributed by atoms with E-state index in [1.165, 1.54) is 0 Å². The molecule has 0 bridgehead atoms. The maximum atomic E-state index is 12.9. The molecule has 1 heterocycles. The van der Waals surface area contributed by atoms with E-state index in [-0.39, 0.29) is 12.4 Å². The van der Waals surface area contributed by atoms with Gasteiger partial charge in [-0.15, -0.1) is 0 Å². The Morgan fingerprint density at radius 2 is 1.58 bits per heavy atom. The van der Waals surface area contributed by atoms with Crippen molar-refractivity contribution in [2.24, 2.45) is 4.99 Å². The van der Waals surface area contributed by atoms with Gasteiger partial charge in [-0.1, -0.05) is 30.3 Å². The molecule has 9 nitrogen and oxygen atoms in total. The van der Waals surface area contributed by atoms with Gasteiger partial charge in [0.25, 0.3) is 0 Å². The molecule has 1 aliphatic rings. The van der Waals surface area contributed by atoms with Crippen molar-refractivity contribution in [1.82, 2.24) is 4.90 Å². The van der Waals surface area contributed by atoms with Gasteiger partial charge >= 0.3 is 18.0 Å². The van der Waals surface area contributed by atoms with E-state index in [0.717, 1.165) is 11.8 Å². The summed E-state index contributed by atoms with van der Waals surface area (Å²) in [5.41, 5.74) is -1.03. The number of aliphatic carboxylic acids is 1. The Kier molecular flexibility index (Phi) is 7.09. The number of amidine groups is 1. The van der Waals surface area contributed by atoms with E-state index in [2.05, 4.69) is 4.99 Å². The Balaban J connectivity index is 2.43. The molecule has 0 aliphatic carbocycles. The van der Waals surface area contributed by atoms with Gasteiger partial charge in [0.15, 0.2) is 6.04 Å². The average Bonchev–Trinajstić information content (AvgIpc) is 2.63. The molecular weight excluding hydrogens is 404 g/mol. The molecule has 1 N–H and O–H groups in total. The number of amides is 1. The smallest absolute Gasteiger partial charge is 0.417 e. The molecule has 1 amide bonds. The van der Waals surface area contributed by atoms with Gasteiger partial charge in [-0.25, -0.2) is 24.3 Å². The van der Waals surface area contributed by atoms with Crippen LogP contribution < -0.4 is 0 Å². The van der Waals surface area contributed by atoms with Crippen molar-refractivity contribution in [2.75, 3.05) is 0 Å². The van der Waals surface area contributed by atoms with Gasteiger partial charge in [0, 0.05) is 0 Å². The predicted octanol–water partition coefficient (Wildman–Crippen LogP) is 3.49. The number of esters is 1. The van der Waals surface area contributed by atoms with Gasteiger partial charge in [0.2, 0.25) is 5.84 Å². The maximum absolute atomic E-state index is 12.9. The zero-order valence-electron chi connectivity index (χ0n) is 18.5. The highest BCUT2D eigenvalue weighted by atomic mass is 16.6. The van der Waals surface area contributed by atoms with Crippen LogP contribution in [0.4, 0.5) is 4.79 Å². The summed E-state index contributed by atoms with van der Waals surface area (Å²) in [6.45, 7) is 9.85. The summed E-state index contributed by atoms with van der Waals surface area (Å²) in [6, 6.07) is 7.42. The fourth-order valence-electron chi connectivity index (χ4n) is 2.57. The molecule has 0 radical (unpaired) electrons. The summed E-state index contributed by atoms with van der Waals surface area (Å²) in [6.07, 6.45) is 0.0559. The number of aliphatic imine (C=N–C) groups is 1. The summed E-state index contributed by atoms with van der Waals surface area (Å²) in [5.74, 6) is -2.98. The largest absolute Gasteiger partial charge is 0.489 e. The highest BCUT2D eigenvalue weighted by molar-refractivity contribution is 6.38.